The van der Waals surface area contributed by atoms with Crippen LogP contribution in [0.3, 0.4) is 0 Å². The number of halogens is 1. The van der Waals surface area contributed by atoms with Crippen LogP contribution in [0.1, 0.15) is 6.92 Å². The van der Waals surface area contributed by atoms with Crippen LogP contribution in [0.15, 0.2) is 29.2 Å². The molecule has 0 aromatic heterocycles. The molecule has 11 heteroatoms. The van der Waals surface area contributed by atoms with Gasteiger partial charge in [-0.25, -0.2) is 21.2 Å². The van der Waals surface area contributed by atoms with Crippen molar-refractivity contribution >= 4 is 25.8 Å². The molecule has 0 unspecified atom stereocenters. The Balaban J connectivity index is 2.62. The Morgan fingerprint density at radius 3 is 2.28 bits per heavy atom. The van der Waals surface area contributed by atoms with Crippen LogP contribution in [-0.4, -0.2) is 60.7 Å². The van der Waals surface area contributed by atoms with Crippen LogP contribution in [-0.2, 0) is 34.1 Å². The molecule has 0 saturated carbocycles. The van der Waals surface area contributed by atoms with Crippen LogP contribution in [0.25, 0.3) is 0 Å². The fourth-order valence-corrected chi connectivity index (χ4v) is 4.77. The molecule has 1 aromatic rings. The molecule has 1 amide bonds. The molecule has 1 rings (SSSR count). The predicted octanol–water partition coefficient (Wildman–Crippen LogP) is 0.0969. The molecule has 0 aliphatic rings. The second kappa shape index (κ2) is 9.22. The summed E-state index contributed by atoms with van der Waals surface area (Å²) >= 11 is 0. The summed E-state index contributed by atoms with van der Waals surface area (Å²) < 4.78 is 72.2. The Morgan fingerprint density at radius 1 is 1.12 bits per heavy atom. The highest BCUT2D eigenvalue weighted by molar-refractivity contribution is 7.94. The lowest BCUT2D eigenvalue weighted by atomic mass is 10.4. The Hall–Kier alpha value is -1.56. The minimum atomic E-state index is -4.17. The molecule has 0 radical (unpaired) electrons. The van der Waals surface area contributed by atoms with Crippen LogP contribution in [0, 0.1) is 5.82 Å². The third kappa shape index (κ3) is 7.46. The highest BCUT2D eigenvalue weighted by atomic mass is 32.2. The zero-order valence-corrected chi connectivity index (χ0v) is 15.4. The van der Waals surface area contributed by atoms with Crippen molar-refractivity contribution in [1.29, 1.82) is 0 Å². The molecule has 0 heterocycles. The standard InChI is InChI=1S/C14H20FNO7S2/c1-11(23-8-7-22-2)14(17)16-25(20,21)10-9-24(18,19)13-5-3-12(15)4-6-13/h3-6,11H,7-10H2,1-2H3,(H,16,17)/t11-/m1/s1. The monoisotopic (exact) mass is 397 g/mol. The molecule has 8 nitrogen and oxygen atoms in total. The third-order valence-electron chi connectivity index (χ3n) is 3.07. The van der Waals surface area contributed by atoms with Gasteiger partial charge >= 0.3 is 0 Å². The lowest BCUT2D eigenvalue weighted by molar-refractivity contribution is -0.130. The van der Waals surface area contributed by atoms with Crippen molar-refractivity contribution < 1.29 is 35.5 Å². The van der Waals surface area contributed by atoms with Gasteiger partial charge in [0.15, 0.2) is 9.84 Å². The number of methoxy groups -OCH3 is 1. The number of benzene rings is 1. The van der Waals surface area contributed by atoms with Crippen LogP contribution < -0.4 is 4.72 Å². The first-order valence-corrected chi connectivity index (χ1v) is 10.5. The fraction of sp³-hybridized carbons (Fsp3) is 0.500. The molecule has 1 atom stereocenters. The summed E-state index contributed by atoms with van der Waals surface area (Å²) in [6.07, 6.45) is -1.04. The molecule has 0 fully saturated rings. The van der Waals surface area contributed by atoms with Crippen molar-refractivity contribution in [2.45, 2.75) is 17.9 Å². The summed E-state index contributed by atoms with van der Waals surface area (Å²) in [4.78, 5) is 11.5. The number of carbonyl (C=O) groups excluding carboxylic acids is 1. The summed E-state index contributed by atoms with van der Waals surface area (Å²) in [6.45, 7) is 1.69. The third-order valence-corrected chi connectivity index (χ3v) is 6.32. The van der Waals surface area contributed by atoms with Crippen molar-refractivity contribution in [2.24, 2.45) is 0 Å². The van der Waals surface area contributed by atoms with E-state index in [2.05, 4.69) is 0 Å². The molecule has 1 aromatic carbocycles. The van der Waals surface area contributed by atoms with Gasteiger partial charge in [-0.15, -0.1) is 0 Å². The van der Waals surface area contributed by atoms with Crippen molar-refractivity contribution in [3.05, 3.63) is 30.1 Å². The van der Waals surface area contributed by atoms with Crippen molar-refractivity contribution in [3.63, 3.8) is 0 Å². The number of carbonyl (C=O) groups is 1. The summed E-state index contributed by atoms with van der Waals surface area (Å²) in [5, 5.41) is 0. The number of rotatable bonds is 10. The highest BCUT2D eigenvalue weighted by Crippen LogP contribution is 2.12. The van der Waals surface area contributed by atoms with E-state index in [1.807, 2.05) is 0 Å². The molecule has 0 aliphatic heterocycles. The summed E-state index contributed by atoms with van der Waals surface area (Å²) in [5.74, 6) is -3.08. The van der Waals surface area contributed by atoms with Crippen molar-refractivity contribution in [3.8, 4) is 0 Å². The van der Waals surface area contributed by atoms with E-state index in [1.54, 1.807) is 4.72 Å². The topological polar surface area (TPSA) is 116 Å². The largest absolute Gasteiger partial charge is 0.382 e. The number of sulfonamides is 1. The minimum absolute atomic E-state index is 0.101. The Labute approximate surface area is 146 Å². The maximum atomic E-state index is 12.8. The molecule has 0 bridgehead atoms. The van der Waals surface area contributed by atoms with Gasteiger partial charge in [0.2, 0.25) is 10.0 Å². The molecule has 25 heavy (non-hydrogen) atoms. The van der Waals surface area contributed by atoms with Gasteiger partial charge in [-0.05, 0) is 31.2 Å². The first kappa shape index (κ1) is 21.5. The number of hydrogen-bond donors (Lipinski definition) is 1. The van der Waals surface area contributed by atoms with E-state index in [-0.39, 0.29) is 18.1 Å². The second-order valence-electron chi connectivity index (χ2n) is 5.06. The van der Waals surface area contributed by atoms with Crippen LogP contribution >= 0.6 is 0 Å². The number of amides is 1. The quantitative estimate of drug-likeness (QED) is 0.440. The predicted molar refractivity (Wildman–Crippen MR) is 87.7 cm³/mol. The van der Waals surface area contributed by atoms with Gasteiger partial charge in [0.1, 0.15) is 11.9 Å². The van der Waals surface area contributed by atoms with Gasteiger partial charge in [-0.1, -0.05) is 0 Å². The molecule has 1 N–H and O–H groups in total. The van der Waals surface area contributed by atoms with Gasteiger partial charge in [0, 0.05) is 7.11 Å². The summed E-state index contributed by atoms with van der Waals surface area (Å²) in [5.41, 5.74) is 0. The van der Waals surface area contributed by atoms with E-state index >= 15 is 0 Å². The Morgan fingerprint density at radius 2 is 1.72 bits per heavy atom. The Kier molecular flexibility index (Phi) is 7.93. The minimum Gasteiger partial charge on any atom is -0.382 e. The normalized spacial score (nSPS) is 13.4. The molecule has 0 spiro atoms. The lowest BCUT2D eigenvalue weighted by Crippen LogP contribution is -2.41. The number of sulfone groups is 1. The molecule has 142 valence electrons. The molecular weight excluding hydrogens is 377 g/mol. The van der Waals surface area contributed by atoms with Crippen LogP contribution in [0.5, 0.6) is 0 Å². The van der Waals surface area contributed by atoms with Gasteiger partial charge in [-0.2, -0.15) is 0 Å². The highest BCUT2D eigenvalue weighted by Gasteiger charge is 2.24. The Bertz CT molecular complexity index is 776. The number of hydrogen-bond acceptors (Lipinski definition) is 7. The van der Waals surface area contributed by atoms with Crippen LogP contribution in [0.2, 0.25) is 0 Å². The SMILES string of the molecule is COCCO[C@H](C)C(=O)NS(=O)(=O)CCS(=O)(=O)c1ccc(F)cc1. The first-order chi connectivity index (χ1) is 11.6. The van der Waals surface area contributed by atoms with Crippen LogP contribution in [0.4, 0.5) is 4.39 Å². The van der Waals surface area contributed by atoms with Gasteiger partial charge < -0.3 is 9.47 Å². The first-order valence-electron chi connectivity index (χ1n) is 7.20. The van der Waals surface area contributed by atoms with E-state index in [0.29, 0.717) is 0 Å². The smallest absolute Gasteiger partial charge is 0.262 e. The van der Waals surface area contributed by atoms with E-state index in [0.717, 1.165) is 24.3 Å². The van der Waals surface area contributed by atoms with E-state index in [9.17, 15) is 26.0 Å². The number of nitrogens with one attached hydrogen (secondary N) is 1. The van der Waals surface area contributed by atoms with Crippen molar-refractivity contribution in [1.82, 2.24) is 4.72 Å². The van der Waals surface area contributed by atoms with E-state index < -0.39 is 49.2 Å². The summed E-state index contributed by atoms with van der Waals surface area (Å²) in [6, 6.07) is 4.01. The van der Waals surface area contributed by atoms with Gasteiger partial charge in [0.05, 0.1) is 29.6 Å². The second-order valence-corrected chi connectivity index (χ2v) is 9.01. The molecule has 0 saturated heterocycles. The maximum Gasteiger partial charge on any atom is 0.262 e. The fourth-order valence-electron chi connectivity index (χ4n) is 1.65. The average Bonchev–Trinajstić information content (AvgIpc) is 2.53. The molecule has 0 aliphatic carbocycles. The molecular formula is C14H20FNO7S2. The van der Waals surface area contributed by atoms with Crippen molar-refractivity contribution in [2.75, 3.05) is 31.8 Å². The zero-order chi connectivity index (χ0) is 19.1. The average molecular weight is 397 g/mol. The van der Waals surface area contributed by atoms with Gasteiger partial charge in [0.25, 0.3) is 5.91 Å². The zero-order valence-electron chi connectivity index (χ0n) is 13.8. The van der Waals surface area contributed by atoms with E-state index in [1.165, 1.54) is 14.0 Å². The van der Waals surface area contributed by atoms with E-state index in [4.69, 9.17) is 9.47 Å². The summed E-state index contributed by atoms with van der Waals surface area (Å²) in [7, 11) is -6.65. The lowest BCUT2D eigenvalue weighted by Gasteiger charge is -2.13. The van der Waals surface area contributed by atoms with Gasteiger partial charge in [-0.3, -0.25) is 9.52 Å². The number of ether oxygens (including phenoxy) is 2. The maximum absolute atomic E-state index is 12.8.